The summed E-state index contributed by atoms with van der Waals surface area (Å²) in [6, 6.07) is 5.69. The Morgan fingerprint density at radius 3 is 2.12 bits per heavy atom. The summed E-state index contributed by atoms with van der Waals surface area (Å²) in [5.74, 6) is -5.81. The number of halogens is 4. The van der Waals surface area contributed by atoms with E-state index < -0.39 is 47.3 Å². The van der Waals surface area contributed by atoms with Crippen molar-refractivity contribution in [2.24, 2.45) is 0 Å². The van der Waals surface area contributed by atoms with E-state index in [0.717, 1.165) is 48.2 Å². The molecule has 24 heavy (non-hydrogen) atoms. The van der Waals surface area contributed by atoms with Gasteiger partial charge in [0, 0.05) is 18.7 Å². The molecule has 1 N–H and O–H groups in total. The van der Waals surface area contributed by atoms with Gasteiger partial charge in [-0.05, 0) is 24.3 Å². The van der Waals surface area contributed by atoms with Gasteiger partial charge in [-0.3, -0.25) is 9.59 Å². The lowest BCUT2D eigenvalue weighted by Crippen LogP contribution is -2.37. The van der Waals surface area contributed by atoms with Crippen LogP contribution in [-0.4, -0.2) is 18.4 Å². The zero-order valence-corrected chi connectivity index (χ0v) is 12.4. The van der Waals surface area contributed by atoms with E-state index >= 15 is 0 Å². The van der Waals surface area contributed by atoms with E-state index in [1.807, 2.05) is 5.32 Å². The van der Waals surface area contributed by atoms with Crippen LogP contribution in [0.1, 0.15) is 6.92 Å². The third-order valence-electron chi connectivity index (χ3n) is 3.12. The smallest absolute Gasteiger partial charge is 0.244 e. The summed E-state index contributed by atoms with van der Waals surface area (Å²) in [4.78, 5) is 24.4. The summed E-state index contributed by atoms with van der Waals surface area (Å²) in [5, 5.41) is 2.01. The predicted molar refractivity (Wildman–Crippen MR) is 79.4 cm³/mol. The molecule has 0 atom stereocenters. The Labute approximate surface area is 134 Å². The molecule has 0 aromatic heterocycles. The molecule has 2 aromatic rings. The number of amides is 2. The molecule has 0 radical (unpaired) electrons. The molecule has 2 aromatic carbocycles. The molecule has 0 aliphatic rings. The molecule has 0 spiro atoms. The first kappa shape index (κ1) is 17.5. The number of hydrogen-bond acceptors (Lipinski definition) is 2. The van der Waals surface area contributed by atoms with E-state index in [4.69, 9.17) is 0 Å². The maximum absolute atomic E-state index is 13.5. The van der Waals surface area contributed by atoms with Gasteiger partial charge in [-0.2, -0.15) is 0 Å². The first-order chi connectivity index (χ1) is 11.3. The van der Waals surface area contributed by atoms with Gasteiger partial charge in [-0.1, -0.05) is 6.07 Å². The average molecular weight is 340 g/mol. The van der Waals surface area contributed by atoms with Crippen molar-refractivity contribution in [2.75, 3.05) is 16.8 Å². The van der Waals surface area contributed by atoms with E-state index in [-0.39, 0.29) is 5.69 Å². The van der Waals surface area contributed by atoms with Crippen LogP contribution in [0.2, 0.25) is 0 Å². The van der Waals surface area contributed by atoms with Gasteiger partial charge in [0.15, 0.2) is 11.6 Å². The second kappa shape index (κ2) is 7.12. The van der Waals surface area contributed by atoms with Crippen LogP contribution in [0.4, 0.5) is 28.9 Å². The number of nitrogens with zero attached hydrogens (tertiary/aromatic N) is 1. The fourth-order valence-electron chi connectivity index (χ4n) is 1.98. The molecule has 0 aliphatic carbocycles. The minimum atomic E-state index is -1.20. The van der Waals surface area contributed by atoms with Crippen molar-refractivity contribution < 1.29 is 27.2 Å². The van der Waals surface area contributed by atoms with Gasteiger partial charge in [-0.25, -0.2) is 17.6 Å². The van der Waals surface area contributed by atoms with Gasteiger partial charge in [0.2, 0.25) is 11.8 Å². The first-order valence-corrected chi connectivity index (χ1v) is 6.76. The SMILES string of the molecule is CC(=O)N(CC(=O)Nc1c(F)cccc1F)c1ccc(F)c(F)c1. The van der Waals surface area contributed by atoms with Crippen LogP contribution >= 0.6 is 0 Å². The van der Waals surface area contributed by atoms with Crippen molar-refractivity contribution in [3.8, 4) is 0 Å². The number of carbonyl (C=O) groups is 2. The lowest BCUT2D eigenvalue weighted by atomic mass is 10.2. The van der Waals surface area contributed by atoms with Crippen LogP contribution in [0.5, 0.6) is 0 Å². The van der Waals surface area contributed by atoms with Gasteiger partial charge in [-0.15, -0.1) is 0 Å². The number of hydrogen-bond donors (Lipinski definition) is 1. The topological polar surface area (TPSA) is 49.4 Å². The molecule has 0 fully saturated rings. The highest BCUT2D eigenvalue weighted by Crippen LogP contribution is 2.20. The fourth-order valence-corrected chi connectivity index (χ4v) is 1.98. The summed E-state index contributed by atoms with van der Waals surface area (Å²) in [6.07, 6.45) is 0. The van der Waals surface area contributed by atoms with Crippen LogP contribution in [0.15, 0.2) is 36.4 Å². The van der Waals surface area contributed by atoms with Crippen LogP contribution in [0.25, 0.3) is 0 Å². The maximum Gasteiger partial charge on any atom is 0.244 e. The van der Waals surface area contributed by atoms with E-state index in [2.05, 4.69) is 0 Å². The molecule has 2 rings (SSSR count). The molecule has 0 bridgehead atoms. The second-order valence-corrected chi connectivity index (χ2v) is 4.85. The molecule has 0 heterocycles. The summed E-state index contributed by atoms with van der Waals surface area (Å²) < 4.78 is 53.2. The van der Waals surface area contributed by atoms with Crippen molar-refractivity contribution in [1.29, 1.82) is 0 Å². The molecule has 0 saturated heterocycles. The average Bonchev–Trinajstić information content (AvgIpc) is 2.51. The van der Waals surface area contributed by atoms with Crippen LogP contribution in [0.3, 0.4) is 0 Å². The summed E-state index contributed by atoms with van der Waals surface area (Å²) >= 11 is 0. The zero-order chi connectivity index (χ0) is 17.9. The minimum Gasteiger partial charge on any atom is -0.320 e. The molecular formula is C16H12F4N2O2. The van der Waals surface area contributed by atoms with Crippen LogP contribution < -0.4 is 10.2 Å². The fraction of sp³-hybridized carbons (Fsp3) is 0.125. The highest BCUT2D eigenvalue weighted by atomic mass is 19.2. The highest BCUT2D eigenvalue weighted by Gasteiger charge is 2.19. The molecule has 2 amide bonds. The number of nitrogens with one attached hydrogen (secondary N) is 1. The van der Waals surface area contributed by atoms with Crippen molar-refractivity contribution in [3.05, 3.63) is 59.7 Å². The quantitative estimate of drug-likeness (QED) is 0.869. The Hall–Kier alpha value is -2.90. The number of anilines is 2. The molecular weight excluding hydrogens is 328 g/mol. The number of carbonyl (C=O) groups excluding carboxylic acids is 2. The maximum atomic E-state index is 13.5. The Kier molecular flexibility index (Phi) is 5.18. The Bertz CT molecular complexity index is 775. The molecule has 0 saturated carbocycles. The van der Waals surface area contributed by atoms with Crippen LogP contribution in [0, 0.1) is 23.3 Å². The monoisotopic (exact) mass is 340 g/mol. The second-order valence-electron chi connectivity index (χ2n) is 4.85. The Balaban J connectivity index is 2.20. The standard InChI is InChI=1S/C16H12F4N2O2/c1-9(23)22(10-5-6-11(17)14(20)7-10)8-15(24)21-16-12(18)3-2-4-13(16)19/h2-7H,8H2,1H3,(H,21,24). The summed E-state index contributed by atoms with van der Waals surface area (Å²) in [6.45, 7) is 0.479. The van der Waals surface area contributed by atoms with Gasteiger partial charge < -0.3 is 10.2 Å². The minimum absolute atomic E-state index is 0.0643. The molecule has 0 unspecified atom stereocenters. The van der Waals surface area contributed by atoms with Gasteiger partial charge >= 0.3 is 0 Å². The summed E-state index contributed by atoms with van der Waals surface area (Å²) in [5.41, 5.74) is -0.721. The predicted octanol–water partition coefficient (Wildman–Crippen LogP) is 3.23. The summed E-state index contributed by atoms with van der Waals surface area (Å²) in [7, 11) is 0. The lowest BCUT2D eigenvalue weighted by Gasteiger charge is -2.21. The van der Waals surface area contributed by atoms with Crippen molar-refractivity contribution in [1.82, 2.24) is 0 Å². The number of rotatable bonds is 4. The van der Waals surface area contributed by atoms with Crippen molar-refractivity contribution in [3.63, 3.8) is 0 Å². The van der Waals surface area contributed by atoms with Gasteiger partial charge in [0.1, 0.15) is 23.9 Å². The Morgan fingerprint density at radius 2 is 1.58 bits per heavy atom. The normalized spacial score (nSPS) is 10.4. The third-order valence-corrected chi connectivity index (χ3v) is 3.12. The van der Waals surface area contributed by atoms with Crippen molar-refractivity contribution >= 4 is 23.2 Å². The van der Waals surface area contributed by atoms with E-state index in [0.29, 0.717) is 0 Å². The highest BCUT2D eigenvalue weighted by molar-refractivity contribution is 6.01. The number of para-hydroxylation sites is 1. The largest absolute Gasteiger partial charge is 0.320 e. The third kappa shape index (κ3) is 3.89. The van der Waals surface area contributed by atoms with Gasteiger partial charge in [0.25, 0.3) is 0 Å². The van der Waals surface area contributed by atoms with E-state index in [1.54, 1.807) is 0 Å². The zero-order valence-electron chi connectivity index (χ0n) is 12.4. The van der Waals surface area contributed by atoms with Gasteiger partial charge in [0.05, 0.1) is 0 Å². The van der Waals surface area contributed by atoms with Crippen LogP contribution in [-0.2, 0) is 9.59 Å². The number of benzene rings is 2. The Morgan fingerprint density at radius 1 is 0.958 bits per heavy atom. The molecule has 4 nitrogen and oxygen atoms in total. The molecule has 126 valence electrons. The first-order valence-electron chi connectivity index (χ1n) is 6.76. The lowest BCUT2D eigenvalue weighted by molar-refractivity contribution is -0.120. The van der Waals surface area contributed by atoms with E-state index in [1.165, 1.54) is 0 Å². The van der Waals surface area contributed by atoms with Crippen molar-refractivity contribution in [2.45, 2.75) is 6.92 Å². The molecule has 8 heteroatoms. The van der Waals surface area contributed by atoms with E-state index in [9.17, 15) is 27.2 Å². The molecule has 0 aliphatic heterocycles.